The number of piperidine rings is 1. The molecule has 2 saturated heterocycles. The van der Waals surface area contributed by atoms with Crippen LogP contribution in [0.1, 0.15) is 25.7 Å². The van der Waals surface area contributed by atoms with Gasteiger partial charge in [-0.15, -0.1) is 0 Å². The summed E-state index contributed by atoms with van der Waals surface area (Å²) in [6, 6.07) is 0.0142. The number of rotatable bonds is 1. The largest absolute Gasteiger partial charge is 0.391 e. The maximum atomic E-state index is 11.9. The second-order valence-corrected chi connectivity index (χ2v) is 4.23. The quantitative estimate of drug-likeness (QED) is 0.609. The van der Waals surface area contributed by atoms with Gasteiger partial charge in [-0.25, -0.2) is 0 Å². The molecule has 0 spiro atoms. The number of amides is 1. The van der Waals surface area contributed by atoms with E-state index in [1.54, 1.807) is 4.90 Å². The Morgan fingerprint density at radius 2 is 2.21 bits per heavy atom. The minimum absolute atomic E-state index is 0.0142. The molecule has 0 saturated carbocycles. The standard InChI is InChI=1S/C10H18N2O2/c13-8-3-2-6-12(7-8)10(14)9-4-1-5-11-9/h8-9,11,13H,1-7H2/t8-,9+/m0/s1. The zero-order valence-electron chi connectivity index (χ0n) is 8.41. The van der Waals surface area contributed by atoms with Crippen LogP contribution in [-0.4, -0.2) is 47.7 Å². The van der Waals surface area contributed by atoms with Gasteiger partial charge in [-0.05, 0) is 32.2 Å². The molecule has 0 aliphatic carbocycles. The summed E-state index contributed by atoms with van der Waals surface area (Å²) < 4.78 is 0. The molecular weight excluding hydrogens is 180 g/mol. The Labute approximate surface area is 84.3 Å². The summed E-state index contributed by atoms with van der Waals surface area (Å²) in [7, 11) is 0. The van der Waals surface area contributed by atoms with E-state index in [2.05, 4.69) is 5.32 Å². The van der Waals surface area contributed by atoms with Crippen LogP contribution in [0.4, 0.5) is 0 Å². The van der Waals surface area contributed by atoms with Crippen molar-refractivity contribution in [3.63, 3.8) is 0 Å². The fourth-order valence-electron chi connectivity index (χ4n) is 2.27. The third kappa shape index (κ3) is 2.07. The van der Waals surface area contributed by atoms with Crippen molar-refractivity contribution in [2.45, 2.75) is 37.8 Å². The number of aliphatic hydroxyl groups excluding tert-OH is 1. The normalized spacial score (nSPS) is 33.4. The molecule has 2 atom stereocenters. The molecule has 0 aromatic carbocycles. The van der Waals surface area contributed by atoms with Crippen LogP contribution in [-0.2, 0) is 4.79 Å². The van der Waals surface area contributed by atoms with Gasteiger partial charge in [-0.3, -0.25) is 4.79 Å². The summed E-state index contributed by atoms with van der Waals surface area (Å²) in [6.07, 6.45) is 3.49. The molecule has 4 heteroatoms. The van der Waals surface area contributed by atoms with Crippen molar-refractivity contribution in [2.24, 2.45) is 0 Å². The molecule has 4 nitrogen and oxygen atoms in total. The van der Waals surface area contributed by atoms with E-state index in [4.69, 9.17) is 0 Å². The molecule has 1 amide bonds. The van der Waals surface area contributed by atoms with Gasteiger partial charge in [0.05, 0.1) is 12.1 Å². The number of nitrogens with zero attached hydrogens (tertiary/aromatic N) is 1. The van der Waals surface area contributed by atoms with E-state index in [-0.39, 0.29) is 18.1 Å². The zero-order chi connectivity index (χ0) is 9.97. The van der Waals surface area contributed by atoms with Crippen molar-refractivity contribution < 1.29 is 9.90 Å². The number of β-amino-alcohol motifs (C(OH)–C–C–N with tert-alkyl or cyclic N) is 1. The van der Waals surface area contributed by atoms with E-state index >= 15 is 0 Å². The van der Waals surface area contributed by atoms with Gasteiger partial charge < -0.3 is 15.3 Å². The van der Waals surface area contributed by atoms with E-state index < -0.39 is 0 Å². The molecule has 0 bridgehead atoms. The number of carbonyl (C=O) groups excluding carboxylic acids is 1. The Bertz CT molecular complexity index is 214. The second kappa shape index (κ2) is 4.28. The van der Waals surface area contributed by atoms with Crippen LogP contribution in [0, 0.1) is 0 Å². The smallest absolute Gasteiger partial charge is 0.239 e. The average Bonchev–Trinajstić information content (AvgIpc) is 2.69. The summed E-state index contributed by atoms with van der Waals surface area (Å²) in [5, 5.41) is 12.7. The van der Waals surface area contributed by atoms with Crippen molar-refractivity contribution in [3.05, 3.63) is 0 Å². The van der Waals surface area contributed by atoms with Gasteiger partial charge in [-0.2, -0.15) is 0 Å². The van der Waals surface area contributed by atoms with Gasteiger partial charge in [0.2, 0.25) is 5.91 Å². The van der Waals surface area contributed by atoms with E-state index in [0.717, 1.165) is 38.8 Å². The molecule has 2 N–H and O–H groups in total. The first-order valence-corrected chi connectivity index (χ1v) is 5.47. The lowest BCUT2D eigenvalue weighted by Gasteiger charge is -2.31. The van der Waals surface area contributed by atoms with Crippen molar-refractivity contribution in [2.75, 3.05) is 19.6 Å². The highest BCUT2D eigenvalue weighted by molar-refractivity contribution is 5.82. The number of nitrogens with one attached hydrogen (secondary N) is 1. The number of hydrogen-bond acceptors (Lipinski definition) is 3. The highest BCUT2D eigenvalue weighted by atomic mass is 16.3. The van der Waals surface area contributed by atoms with Crippen LogP contribution in [0.15, 0.2) is 0 Å². The number of carbonyl (C=O) groups is 1. The lowest BCUT2D eigenvalue weighted by Crippen LogP contribution is -2.49. The predicted octanol–water partition coefficient (Wildman–Crippen LogP) is -0.278. The van der Waals surface area contributed by atoms with Crippen LogP contribution in [0.3, 0.4) is 0 Å². The first kappa shape index (κ1) is 9.93. The summed E-state index contributed by atoms with van der Waals surface area (Å²) >= 11 is 0. The Morgan fingerprint density at radius 1 is 1.36 bits per heavy atom. The van der Waals surface area contributed by atoms with E-state index in [9.17, 15) is 9.90 Å². The first-order chi connectivity index (χ1) is 6.77. The van der Waals surface area contributed by atoms with Gasteiger partial charge in [-0.1, -0.05) is 0 Å². The number of aliphatic hydroxyl groups is 1. The molecule has 14 heavy (non-hydrogen) atoms. The van der Waals surface area contributed by atoms with E-state index in [0.29, 0.717) is 6.54 Å². The summed E-state index contributed by atoms with van der Waals surface area (Å²) in [4.78, 5) is 13.7. The molecule has 2 rings (SSSR count). The molecule has 0 aromatic heterocycles. The maximum absolute atomic E-state index is 11.9. The van der Waals surface area contributed by atoms with Crippen LogP contribution in [0.5, 0.6) is 0 Å². The fraction of sp³-hybridized carbons (Fsp3) is 0.900. The third-order valence-corrected chi connectivity index (χ3v) is 3.07. The Balaban J connectivity index is 1.89. The Morgan fingerprint density at radius 3 is 2.86 bits per heavy atom. The minimum Gasteiger partial charge on any atom is -0.391 e. The van der Waals surface area contributed by atoms with E-state index in [1.807, 2.05) is 0 Å². The molecule has 0 aromatic rings. The van der Waals surface area contributed by atoms with Crippen LogP contribution in [0.2, 0.25) is 0 Å². The second-order valence-electron chi connectivity index (χ2n) is 4.23. The average molecular weight is 198 g/mol. The third-order valence-electron chi connectivity index (χ3n) is 3.07. The SMILES string of the molecule is O=C([C@H]1CCCN1)N1CCC[C@H](O)C1. The molecule has 2 heterocycles. The summed E-state index contributed by atoms with van der Waals surface area (Å²) in [5.74, 6) is 0.182. The lowest BCUT2D eigenvalue weighted by atomic mass is 10.1. The molecule has 2 fully saturated rings. The Kier molecular flexibility index (Phi) is 3.03. The predicted molar refractivity (Wildman–Crippen MR) is 52.8 cm³/mol. The van der Waals surface area contributed by atoms with Crippen LogP contribution < -0.4 is 5.32 Å². The molecule has 80 valence electrons. The zero-order valence-corrected chi connectivity index (χ0v) is 8.41. The van der Waals surface area contributed by atoms with Crippen molar-refractivity contribution in [3.8, 4) is 0 Å². The van der Waals surface area contributed by atoms with Crippen LogP contribution >= 0.6 is 0 Å². The summed E-state index contributed by atoms with van der Waals surface area (Å²) in [5.41, 5.74) is 0. The monoisotopic (exact) mass is 198 g/mol. The van der Waals surface area contributed by atoms with Gasteiger partial charge >= 0.3 is 0 Å². The highest BCUT2D eigenvalue weighted by Gasteiger charge is 2.29. The van der Waals surface area contributed by atoms with Gasteiger partial charge in [0, 0.05) is 13.1 Å². The van der Waals surface area contributed by atoms with Crippen molar-refractivity contribution in [1.82, 2.24) is 10.2 Å². The first-order valence-electron chi connectivity index (χ1n) is 5.47. The molecule has 2 aliphatic heterocycles. The lowest BCUT2D eigenvalue weighted by molar-refractivity contribution is -0.136. The molecule has 0 unspecified atom stereocenters. The van der Waals surface area contributed by atoms with Gasteiger partial charge in [0.25, 0.3) is 0 Å². The fourth-order valence-corrected chi connectivity index (χ4v) is 2.27. The minimum atomic E-state index is -0.311. The molecular formula is C10H18N2O2. The van der Waals surface area contributed by atoms with Crippen molar-refractivity contribution in [1.29, 1.82) is 0 Å². The van der Waals surface area contributed by atoms with Crippen LogP contribution in [0.25, 0.3) is 0 Å². The van der Waals surface area contributed by atoms with Gasteiger partial charge in [0.15, 0.2) is 0 Å². The Hall–Kier alpha value is -0.610. The number of likely N-dealkylation sites (tertiary alicyclic amines) is 1. The van der Waals surface area contributed by atoms with Crippen molar-refractivity contribution >= 4 is 5.91 Å². The van der Waals surface area contributed by atoms with E-state index in [1.165, 1.54) is 0 Å². The highest BCUT2D eigenvalue weighted by Crippen LogP contribution is 2.14. The molecule has 2 aliphatic rings. The number of hydrogen-bond donors (Lipinski definition) is 2. The molecule has 0 radical (unpaired) electrons. The van der Waals surface area contributed by atoms with Gasteiger partial charge in [0.1, 0.15) is 0 Å². The topological polar surface area (TPSA) is 52.6 Å². The summed E-state index contributed by atoms with van der Waals surface area (Å²) in [6.45, 7) is 2.29. The maximum Gasteiger partial charge on any atom is 0.239 e.